The van der Waals surface area contributed by atoms with E-state index in [4.69, 9.17) is 11.6 Å². The van der Waals surface area contributed by atoms with Gasteiger partial charge in [0.25, 0.3) is 0 Å². The standard InChI is InChI=1S/C22H14ClN3S/c1-14-7-8-16-10-17(21(23)25-19(16)9-14)11-18(12-24)22-26-20(13-27-22)15-5-3-2-4-6-15/h2-11,13H,1H3/b18-11+. The number of nitrogens with zero attached hydrogens (tertiary/aromatic N) is 3. The van der Waals surface area contributed by atoms with Crippen molar-refractivity contribution in [2.75, 3.05) is 0 Å². The van der Waals surface area contributed by atoms with Gasteiger partial charge in [-0.15, -0.1) is 11.3 Å². The number of hydrogen-bond acceptors (Lipinski definition) is 4. The molecule has 0 radical (unpaired) electrons. The van der Waals surface area contributed by atoms with Crippen molar-refractivity contribution in [3.8, 4) is 17.3 Å². The molecule has 0 atom stereocenters. The summed E-state index contributed by atoms with van der Waals surface area (Å²) >= 11 is 7.81. The third-order valence-electron chi connectivity index (χ3n) is 4.18. The number of aryl methyl sites for hydroxylation is 1. The summed E-state index contributed by atoms with van der Waals surface area (Å²) in [5, 5.41) is 13.6. The number of rotatable bonds is 3. The lowest BCUT2D eigenvalue weighted by atomic mass is 10.1. The van der Waals surface area contributed by atoms with Gasteiger partial charge in [0, 0.05) is 21.9 Å². The molecule has 0 unspecified atom stereocenters. The molecule has 0 aliphatic rings. The van der Waals surface area contributed by atoms with Crippen molar-refractivity contribution >= 4 is 45.5 Å². The van der Waals surface area contributed by atoms with E-state index in [2.05, 4.69) is 16.0 Å². The maximum absolute atomic E-state index is 9.65. The average Bonchev–Trinajstić information content (AvgIpc) is 3.17. The highest BCUT2D eigenvalue weighted by molar-refractivity contribution is 7.11. The molecular formula is C22H14ClN3S. The van der Waals surface area contributed by atoms with Crippen LogP contribution < -0.4 is 0 Å². The maximum atomic E-state index is 9.65. The van der Waals surface area contributed by atoms with E-state index in [1.54, 1.807) is 6.08 Å². The average molecular weight is 388 g/mol. The lowest BCUT2D eigenvalue weighted by molar-refractivity contribution is 1.36. The number of aromatic nitrogens is 2. The molecule has 0 spiro atoms. The molecule has 0 bridgehead atoms. The van der Waals surface area contributed by atoms with Gasteiger partial charge in [-0.25, -0.2) is 9.97 Å². The zero-order valence-corrected chi connectivity index (χ0v) is 16.1. The van der Waals surface area contributed by atoms with Crippen LogP contribution in [-0.4, -0.2) is 9.97 Å². The van der Waals surface area contributed by atoms with E-state index in [9.17, 15) is 5.26 Å². The van der Waals surface area contributed by atoms with E-state index < -0.39 is 0 Å². The predicted octanol–water partition coefficient (Wildman–Crippen LogP) is 6.38. The summed E-state index contributed by atoms with van der Waals surface area (Å²) in [4.78, 5) is 9.08. The van der Waals surface area contributed by atoms with E-state index in [1.165, 1.54) is 11.3 Å². The highest BCUT2D eigenvalue weighted by atomic mass is 35.5. The van der Waals surface area contributed by atoms with Gasteiger partial charge in [0.2, 0.25) is 0 Å². The monoisotopic (exact) mass is 387 g/mol. The van der Waals surface area contributed by atoms with Crippen LogP contribution in [0.3, 0.4) is 0 Å². The van der Waals surface area contributed by atoms with E-state index in [-0.39, 0.29) is 0 Å². The molecule has 0 N–H and O–H groups in total. The van der Waals surface area contributed by atoms with Gasteiger partial charge < -0.3 is 0 Å². The number of fused-ring (bicyclic) bond motifs is 1. The Kier molecular flexibility index (Phi) is 4.72. The zero-order valence-electron chi connectivity index (χ0n) is 14.5. The number of benzene rings is 2. The van der Waals surface area contributed by atoms with Gasteiger partial charge in [0.1, 0.15) is 16.2 Å². The molecule has 4 rings (SSSR count). The molecule has 5 heteroatoms. The molecule has 4 aromatic rings. The molecule has 2 aromatic carbocycles. The smallest absolute Gasteiger partial charge is 0.137 e. The number of pyridine rings is 1. The van der Waals surface area contributed by atoms with Crippen LogP contribution in [0.5, 0.6) is 0 Å². The van der Waals surface area contributed by atoms with E-state index >= 15 is 0 Å². The van der Waals surface area contributed by atoms with Gasteiger partial charge >= 0.3 is 0 Å². The highest BCUT2D eigenvalue weighted by Gasteiger charge is 2.11. The second-order valence-corrected chi connectivity index (χ2v) is 7.35. The van der Waals surface area contributed by atoms with Crippen LogP contribution in [0, 0.1) is 18.3 Å². The molecule has 130 valence electrons. The second-order valence-electron chi connectivity index (χ2n) is 6.14. The molecule has 2 heterocycles. The van der Waals surface area contributed by atoms with Gasteiger partial charge in [0.05, 0.1) is 16.8 Å². The van der Waals surface area contributed by atoms with Gasteiger partial charge in [-0.3, -0.25) is 0 Å². The Morgan fingerprint density at radius 3 is 2.70 bits per heavy atom. The van der Waals surface area contributed by atoms with Gasteiger partial charge in [0.15, 0.2) is 0 Å². The van der Waals surface area contributed by atoms with Crippen molar-refractivity contribution in [1.29, 1.82) is 5.26 Å². The van der Waals surface area contributed by atoms with Crippen LogP contribution in [0.2, 0.25) is 5.15 Å². The zero-order chi connectivity index (χ0) is 18.8. The summed E-state index contributed by atoms with van der Waals surface area (Å²) in [5.74, 6) is 0. The van der Waals surface area contributed by atoms with E-state index in [1.807, 2.05) is 66.9 Å². The number of thiazole rings is 1. The normalized spacial score (nSPS) is 11.5. The van der Waals surface area contributed by atoms with Crippen LogP contribution in [0.4, 0.5) is 0 Å². The molecular weight excluding hydrogens is 374 g/mol. The topological polar surface area (TPSA) is 49.6 Å². The summed E-state index contributed by atoms with van der Waals surface area (Å²) in [6, 6.07) is 20.1. The first-order valence-electron chi connectivity index (χ1n) is 8.34. The van der Waals surface area contributed by atoms with Crippen molar-refractivity contribution in [2.45, 2.75) is 6.92 Å². The van der Waals surface area contributed by atoms with Crippen LogP contribution in [0.15, 0.2) is 60.0 Å². The molecule has 0 saturated heterocycles. The summed E-state index contributed by atoms with van der Waals surface area (Å²) in [7, 11) is 0. The first-order valence-corrected chi connectivity index (χ1v) is 9.60. The number of halogens is 1. The van der Waals surface area contributed by atoms with Gasteiger partial charge in [-0.2, -0.15) is 5.26 Å². The first-order chi connectivity index (χ1) is 13.1. The van der Waals surface area contributed by atoms with Crippen LogP contribution >= 0.6 is 22.9 Å². The van der Waals surface area contributed by atoms with Crippen LogP contribution in [-0.2, 0) is 0 Å². The van der Waals surface area contributed by atoms with E-state index in [0.717, 1.165) is 27.7 Å². The Morgan fingerprint density at radius 2 is 1.93 bits per heavy atom. The second kappa shape index (κ2) is 7.32. The molecule has 0 fully saturated rings. The molecule has 0 saturated carbocycles. The Hall–Kier alpha value is -3.00. The van der Waals surface area contributed by atoms with Crippen molar-refractivity contribution in [3.05, 3.63) is 81.3 Å². The van der Waals surface area contributed by atoms with Gasteiger partial charge in [-0.1, -0.05) is 54.1 Å². The third kappa shape index (κ3) is 3.61. The summed E-state index contributed by atoms with van der Waals surface area (Å²) in [5.41, 5.74) is 5.03. The van der Waals surface area contributed by atoms with Crippen molar-refractivity contribution < 1.29 is 0 Å². The lowest BCUT2D eigenvalue weighted by Crippen LogP contribution is -1.88. The maximum Gasteiger partial charge on any atom is 0.137 e. The minimum absolute atomic E-state index is 0.376. The Morgan fingerprint density at radius 1 is 1.11 bits per heavy atom. The lowest BCUT2D eigenvalue weighted by Gasteiger charge is -2.04. The summed E-state index contributed by atoms with van der Waals surface area (Å²) in [6.07, 6.45) is 1.75. The molecule has 2 aromatic heterocycles. The fraction of sp³-hybridized carbons (Fsp3) is 0.0455. The molecule has 0 aliphatic carbocycles. The molecule has 27 heavy (non-hydrogen) atoms. The quantitative estimate of drug-likeness (QED) is 0.302. The molecule has 3 nitrogen and oxygen atoms in total. The van der Waals surface area contributed by atoms with Crippen molar-refractivity contribution in [2.24, 2.45) is 0 Å². The first kappa shape index (κ1) is 17.4. The fourth-order valence-electron chi connectivity index (χ4n) is 2.81. The predicted molar refractivity (Wildman–Crippen MR) is 113 cm³/mol. The number of allylic oxidation sites excluding steroid dienone is 1. The Labute approximate surface area is 166 Å². The highest BCUT2D eigenvalue weighted by Crippen LogP contribution is 2.29. The molecule has 0 aliphatic heterocycles. The molecule has 0 amide bonds. The Balaban J connectivity index is 1.75. The minimum Gasteiger partial charge on any atom is -0.235 e. The van der Waals surface area contributed by atoms with E-state index in [0.29, 0.717) is 21.3 Å². The van der Waals surface area contributed by atoms with Crippen molar-refractivity contribution in [1.82, 2.24) is 9.97 Å². The van der Waals surface area contributed by atoms with Crippen LogP contribution in [0.1, 0.15) is 16.1 Å². The van der Waals surface area contributed by atoms with Crippen molar-refractivity contribution in [3.63, 3.8) is 0 Å². The largest absolute Gasteiger partial charge is 0.235 e. The third-order valence-corrected chi connectivity index (χ3v) is 5.36. The van der Waals surface area contributed by atoms with Gasteiger partial charge in [-0.05, 0) is 30.7 Å². The summed E-state index contributed by atoms with van der Waals surface area (Å²) < 4.78 is 0. The minimum atomic E-state index is 0.376. The number of nitriles is 1. The van der Waals surface area contributed by atoms with Crippen LogP contribution in [0.25, 0.3) is 33.8 Å². The SMILES string of the molecule is Cc1ccc2cc(/C=C(\C#N)c3nc(-c4ccccc4)cs3)c(Cl)nc2c1. The fourth-order valence-corrected chi connectivity index (χ4v) is 3.80. The number of hydrogen-bond donors (Lipinski definition) is 0. The Bertz CT molecular complexity index is 1200. The summed E-state index contributed by atoms with van der Waals surface area (Å²) in [6.45, 7) is 2.02.